The van der Waals surface area contributed by atoms with Gasteiger partial charge in [0.05, 0.1) is 0 Å². The molecule has 0 amide bonds. The van der Waals surface area contributed by atoms with Crippen molar-refractivity contribution in [1.82, 2.24) is 19.7 Å². The third kappa shape index (κ3) is 2.20. The van der Waals surface area contributed by atoms with Gasteiger partial charge in [-0.1, -0.05) is 12.1 Å². The zero-order valence-electron chi connectivity index (χ0n) is 11.1. The molecule has 3 aromatic rings. The number of aldehydes is 1. The van der Waals surface area contributed by atoms with E-state index < -0.39 is 0 Å². The number of hydrogen-bond donors (Lipinski definition) is 0. The molecule has 0 saturated carbocycles. The maximum atomic E-state index is 11.1. The number of aryl methyl sites for hydroxylation is 1. The minimum absolute atomic E-state index is 0.415. The number of hydrogen-bond acceptors (Lipinski definition) is 5. The van der Waals surface area contributed by atoms with Crippen LogP contribution < -0.4 is 0 Å². The van der Waals surface area contributed by atoms with Gasteiger partial charge in [0, 0.05) is 29.8 Å². The quantitative estimate of drug-likeness (QED) is 0.665. The molecule has 20 heavy (non-hydrogen) atoms. The maximum Gasteiger partial charge on any atom is 0.246 e. The topological polar surface area (TPSA) is 73.8 Å². The van der Waals surface area contributed by atoms with Gasteiger partial charge in [-0.2, -0.15) is 4.98 Å². The molecule has 0 aliphatic carbocycles. The number of rotatable bonds is 5. The highest BCUT2D eigenvalue weighted by atomic mass is 16.5. The zero-order valence-corrected chi connectivity index (χ0v) is 11.1. The minimum Gasteiger partial charge on any atom is -0.337 e. The first kappa shape index (κ1) is 12.5. The molecule has 0 saturated heterocycles. The molecule has 0 spiro atoms. The molecule has 0 radical (unpaired) electrons. The number of carbonyl (C=O) groups is 1. The maximum absolute atomic E-state index is 11.1. The Balaban J connectivity index is 1.95. The van der Waals surface area contributed by atoms with Gasteiger partial charge in [-0.05, 0) is 18.6 Å². The van der Waals surface area contributed by atoms with Crippen LogP contribution in [0.5, 0.6) is 0 Å². The van der Waals surface area contributed by atoms with E-state index in [1.165, 1.54) is 0 Å². The Hall–Kier alpha value is -2.50. The molecule has 0 unspecified atom stereocenters. The van der Waals surface area contributed by atoms with Crippen molar-refractivity contribution in [3.8, 4) is 0 Å². The second-order valence-electron chi connectivity index (χ2n) is 4.56. The lowest BCUT2D eigenvalue weighted by Gasteiger charge is -1.99. The SMILES string of the molecule is CCCc1noc(Cn2cc(C=O)c3cccnc32)n1. The first-order valence-electron chi connectivity index (χ1n) is 6.52. The fourth-order valence-corrected chi connectivity index (χ4v) is 2.19. The standard InChI is InChI=1S/C14H14N4O2/c1-2-4-12-16-13(20-17-12)8-18-7-10(9-19)11-5-3-6-15-14(11)18/h3,5-7,9H,2,4,8H2,1H3. The van der Waals surface area contributed by atoms with Crippen LogP contribution in [0.2, 0.25) is 0 Å². The van der Waals surface area contributed by atoms with Gasteiger partial charge in [0.2, 0.25) is 5.89 Å². The van der Waals surface area contributed by atoms with E-state index in [9.17, 15) is 4.79 Å². The molecule has 3 aromatic heterocycles. The number of nitrogens with zero attached hydrogens (tertiary/aromatic N) is 4. The highest BCUT2D eigenvalue weighted by Gasteiger charge is 2.12. The molecule has 0 atom stereocenters. The van der Waals surface area contributed by atoms with Gasteiger partial charge < -0.3 is 9.09 Å². The van der Waals surface area contributed by atoms with E-state index in [2.05, 4.69) is 22.0 Å². The first-order chi connectivity index (χ1) is 9.81. The van der Waals surface area contributed by atoms with E-state index in [0.29, 0.717) is 23.8 Å². The monoisotopic (exact) mass is 270 g/mol. The first-order valence-corrected chi connectivity index (χ1v) is 6.52. The van der Waals surface area contributed by atoms with Crippen LogP contribution in [0.15, 0.2) is 29.0 Å². The highest BCUT2D eigenvalue weighted by Crippen LogP contribution is 2.18. The molecule has 0 aliphatic rings. The Kier molecular flexibility index (Phi) is 3.28. The summed E-state index contributed by atoms with van der Waals surface area (Å²) in [6, 6.07) is 3.69. The summed E-state index contributed by atoms with van der Waals surface area (Å²) in [5, 5.41) is 4.75. The van der Waals surface area contributed by atoms with Crippen molar-refractivity contribution in [3.63, 3.8) is 0 Å². The van der Waals surface area contributed by atoms with Crippen LogP contribution in [-0.2, 0) is 13.0 Å². The lowest BCUT2D eigenvalue weighted by molar-refractivity contribution is 0.112. The number of aromatic nitrogens is 4. The minimum atomic E-state index is 0.415. The third-order valence-corrected chi connectivity index (χ3v) is 3.08. The molecular formula is C14H14N4O2. The second kappa shape index (κ2) is 5.24. The average Bonchev–Trinajstić information content (AvgIpc) is 3.05. The summed E-state index contributed by atoms with van der Waals surface area (Å²) in [7, 11) is 0. The normalized spacial score (nSPS) is 11.1. The Morgan fingerprint density at radius 1 is 1.45 bits per heavy atom. The molecule has 0 aromatic carbocycles. The van der Waals surface area contributed by atoms with Gasteiger partial charge in [-0.3, -0.25) is 4.79 Å². The summed E-state index contributed by atoms with van der Waals surface area (Å²) in [4.78, 5) is 19.7. The summed E-state index contributed by atoms with van der Waals surface area (Å²) >= 11 is 0. The average molecular weight is 270 g/mol. The molecule has 6 heteroatoms. The molecule has 0 N–H and O–H groups in total. The largest absolute Gasteiger partial charge is 0.337 e. The van der Waals surface area contributed by atoms with Crippen molar-refractivity contribution in [3.05, 3.63) is 41.8 Å². The van der Waals surface area contributed by atoms with Crippen molar-refractivity contribution in [1.29, 1.82) is 0 Å². The second-order valence-corrected chi connectivity index (χ2v) is 4.56. The number of carbonyl (C=O) groups excluding carboxylic acids is 1. The summed E-state index contributed by atoms with van der Waals surface area (Å²) in [5.41, 5.74) is 1.35. The van der Waals surface area contributed by atoms with Crippen LogP contribution in [0.25, 0.3) is 11.0 Å². The number of fused-ring (bicyclic) bond motifs is 1. The van der Waals surface area contributed by atoms with Crippen molar-refractivity contribution in [2.75, 3.05) is 0 Å². The molecular weight excluding hydrogens is 256 g/mol. The van der Waals surface area contributed by atoms with Crippen LogP contribution >= 0.6 is 0 Å². The Bertz CT molecular complexity index is 745. The van der Waals surface area contributed by atoms with Crippen LogP contribution in [0, 0.1) is 0 Å². The summed E-state index contributed by atoms with van der Waals surface area (Å²) in [6.45, 7) is 2.48. The predicted octanol–water partition coefficient (Wildman–Crippen LogP) is 2.23. The van der Waals surface area contributed by atoms with Crippen molar-refractivity contribution >= 4 is 17.3 Å². The molecule has 0 fully saturated rings. The van der Waals surface area contributed by atoms with E-state index in [4.69, 9.17) is 4.52 Å². The Morgan fingerprint density at radius 2 is 2.35 bits per heavy atom. The van der Waals surface area contributed by atoms with E-state index >= 15 is 0 Å². The van der Waals surface area contributed by atoms with E-state index in [1.54, 1.807) is 12.4 Å². The van der Waals surface area contributed by atoms with Crippen LogP contribution in [-0.4, -0.2) is 26.0 Å². The van der Waals surface area contributed by atoms with Gasteiger partial charge in [0.15, 0.2) is 12.1 Å². The lowest BCUT2D eigenvalue weighted by Crippen LogP contribution is -1.99. The Morgan fingerprint density at radius 3 is 3.15 bits per heavy atom. The van der Waals surface area contributed by atoms with Crippen LogP contribution in [0.1, 0.15) is 35.4 Å². The summed E-state index contributed by atoms with van der Waals surface area (Å²) in [6.07, 6.45) is 6.06. The van der Waals surface area contributed by atoms with Crippen LogP contribution in [0.3, 0.4) is 0 Å². The molecule has 102 valence electrons. The molecule has 0 aliphatic heterocycles. The third-order valence-electron chi connectivity index (χ3n) is 3.08. The van der Waals surface area contributed by atoms with Gasteiger partial charge in [0.25, 0.3) is 0 Å². The van der Waals surface area contributed by atoms with Gasteiger partial charge in [-0.25, -0.2) is 4.98 Å². The summed E-state index contributed by atoms with van der Waals surface area (Å²) < 4.78 is 7.06. The van der Waals surface area contributed by atoms with Crippen molar-refractivity contribution in [2.24, 2.45) is 0 Å². The zero-order chi connectivity index (χ0) is 13.9. The van der Waals surface area contributed by atoms with Gasteiger partial charge in [-0.15, -0.1) is 0 Å². The van der Waals surface area contributed by atoms with Gasteiger partial charge in [0.1, 0.15) is 12.2 Å². The molecule has 3 heterocycles. The fourth-order valence-electron chi connectivity index (χ4n) is 2.19. The predicted molar refractivity (Wildman–Crippen MR) is 72.5 cm³/mol. The van der Waals surface area contributed by atoms with Crippen molar-refractivity contribution < 1.29 is 9.32 Å². The smallest absolute Gasteiger partial charge is 0.246 e. The summed E-state index contributed by atoms with van der Waals surface area (Å²) in [5.74, 6) is 1.23. The van der Waals surface area contributed by atoms with E-state index in [1.807, 2.05) is 16.7 Å². The van der Waals surface area contributed by atoms with Gasteiger partial charge >= 0.3 is 0 Å². The molecule has 0 bridgehead atoms. The highest BCUT2D eigenvalue weighted by molar-refractivity contribution is 5.95. The molecule has 6 nitrogen and oxygen atoms in total. The fraction of sp³-hybridized carbons (Fsp3) is 0.286. The van der Waals surface area contributed by atoms with E-state index in [0.717, 1.165) is 30.2 Å². The van der Waals surface area contributed by atoms with E-state index in [-0.39, 0.29) is 0 Å². The molecule has 3 rings (SSSR count). The van der Waals surface area contributed by atoms with Crippen LogP contribution in [0.4, 0.5) is 0 Å². The number of pyridine rings is 1. The lowest BCUT2D eigenvalue weighted by atomic mass is 10.2. The van der Waals surface area contributed by atoms with Crippen molar-refractivity contribution in [2.45, 2.75) is 26.3 Å². The Labute approximate surface area is 115 Å².